The summed E-state index contributed by atoms with van der Waals surface area (Å²) in [5.74, 6) is 0.959. The second-order valence-corrected chi connectivity index (χ2v) is 7.37. The molecular formula is C22H26N6O2. The summed E-state index contributed by atoms with van der Waals surface area (Å²) in [7, 11) is 1.61. The van der Waals surface area contributed by atoms with E-state index in [9.17, 15) is 4.79 Å². The fourth-order valence-corrected chi connectivity index (χ4v) is 3.60. The van der Waals surface area contributed by atoms with E-state index in [1.54, 1.807) is 7.11 Å². The van der Waals surface area contributed by atoms with Gasteiger partial charge in [-0.15, -0.1) is 10.2 Å². The Labute approximate surface area is 175 Å². The zero-order valence-electron chi connectivity index (χ0n) is 17.1. The number of amides is 1. The highest BCUT2D eigenvalue weighted by molar-refractivity contribution is 5.90. The van der Waals surface area contributed by atoms with Gasteiger partial charge in [-0.05, 0) is 54.5 Å². The summed E-state index contributed by atoms with van der Waals surface area (Å²) in [6, 6.07) is 15.4. The van der Waals surface area contributed by atoms with Crippen LogP contribution >= 0.6 is 0 Å². The van der Waals surface area contributed by atoms with Gasteiger partial charge in [0.1, 0.15) is 12.3 Å². The van der Waals surface area contributed by atoms with Gasteiger partial charge in [-0.1, -0.05) is 25.0 Å². The molecule has 1 amide bonds. The molecule has 1 aliphatic heterocycles. The summed E-state index contributed by atoms with van der Waals surface area (Å²) in [4.78, 5) is 16.1. The van der Waals surface area contributed by atoms with E-state index in [-0.39, 0.29) is 12.5 Å². The molecular weight excluding hydrogens is 380 g/mol. The van der Waals surface area contributed by atoms with Crippen molar-refractivity contribution in [2.75, 3.05) is 30.4 Å². The summed E-state index contributed by atoms with van der Waals surface area (Å²) < 4.78 is 5.22. The largest absolute Gasteiger partial charge is 0.497 e. The van der Waals surface area contributed by atoms with Crippen molar-refractivity contribution in [3.8, 4) is 17.1 Å². The highest BCUT2D eigenvalue weighted by Gasteiger charge is 2.12. The van der Waals surface area contributed by atoms with Crippen LogP contribution in [0.3, 0.4) is 0 Å². The van der Waals surface area contributed by atoms with E-state index in [2.05, 4.69) is 37.8 Å². The number of anilines is 2. The fraction of sp³-hybridized carbons (Fsp3) is 0.364. The second kappa shape index (κ2) is 9.39. The van der Waals surface area contributed by atoms with Crippen LogP contribution in [0.1, 0.15) is 25.7 Å². The zero-order valence-corrected chi connectivity index (χ0v) is 17.1. The van der Waals surface area contributed by atoms with Gasteiger partial charge in [-0.3, -0.25) is 4.79 Å². The molecule has 0 spiro atoms. The molecule has 0 bridgehead atoms. The molecule has 156 valence electrons. The number of benzene rings is 2. The summed E-state index contributed by atoms with van der Waals surface area (Å²) in [6.07, 6.45) is 5.09. The number of aromatic nitrogens is 4. The highest BCUT2D eigenvalue weighted by atomic mass is 16.5. The normalized spacial score (nSPS) is 14.2. The van der Waals surface area contributed by atoms with Crippen LogP contribution in [0.5, 0.6) is 5.75 Å². The third kappa shape index (κ3) is 4.94. The van der Waals surface area contributed by atoms with Gasteiger partial charge in [0.05, 0.1) is 7.11 Å². The van der Waals surface area contributed by atoms with E-state index >= 15 is 0 Å². The number of hydrogen-bond acceptors (Lipinski definition) is 6. The van der Waals surface area contributed by atoms with E-state index in [0.717, 1.165) is 24.3 Å². The lowest BCUT2D eigenvalue weighted by molar-refractivity contribution is -0.117. The van der Waals surface area contributed by atoms with Gasteiger partial charge in [0.25, 0.3) is 0 Å². The van der Waals surface area contributed by atoms with Gasteiger partial charge in [0, 0.05) is 30.0 Å². The Bertz CT molecular complexity index is 977. The van der Waals surface area contributed by atoms with E-state index in [0.29, 0.717) is 11.6 Å². The van der Waals surface area contributed by atoms with Crippen LogP contribution in [-0.2, 0) is 11.3 Å². The van der Waals surface area contributed by atoms with Crippen molar-refractivity contribution in [2.45, 2.75) is 32.2 Å². The Hall–Kier alpha value is -3.42. The Kier molecular flexibility index (Phi) is 6.22. The average molecular weight is 406 g/mol. The summed E-state index contributed by atoms with van der Waals surface area (Å²) >= 11 is 0. The Morgan fingerprint density at radius 1 is 1.07 bits per heavy atom. The van der Waals surface area contributed by atoms with E-state index in [1.165, 1.54) is 36.2 Å². The summed E-state index contributed by atoms with van der Waals surface area (Å²) in [5, 5.41) is 15.2. The lowest BCUT2D eigenvalue weighted by Crippen LogP contribution is -2.24. The molecule has 8 heteroatoms. The number of tetrazole rings is 1. The maximum Gasteiger partial charge on any atom is 0.248 e. The van der Waals surface area contributed by atoms with E-state index in [1.807, 2.05) is 36.4 Å². The molecule has 2 heterocycles. The molecule has 0 radical (unpaired) electrons. The maximum atomic E-state index is 12.4. The molecule has 1 N–H and O–H groups in total. The van der Waals surface area contributed by atoms with Crippen molar-refractivity contribution in [2.24, 2.45) is 0 Å². The van der Waals surface area contributed by atoms with Crippen LogP contribution in [0.4, 0.5) is 11.4 Å². The first-order chi connectivity index (χ1) is 14.7. The number of nitrogens with one attached hydrogen (secondary N) is 1. The molecule has 0 unspecified atom stereocenters. The quantitative estimate of drug-likeness (QED) is 0.676. The first kappa shape index (κ1) is 19.9. The molecule has 4 rings (SSSR count). The average Bonchev–Trinajstić information content (AvgIpc) is 3.06. The van der Waals surface area contributed by atoms with Crippen LogP contribution in [0.2, 0.25) is 0 Å². The van der Waals surface area contributed by atoms with Crippen LogP contribution < -0.4 is 15.0 Å². The number of nitrogens with zero attached hydrogens (tertiary/aromatic N) is 5. The van der Waals surface area contributed by atoms with Gasteiger partial charge < -0.3 is 15.0 Å². The minimum absolute atomic E-state index is 0.00908. The Morgan fingerprint density at radius 3 is 2.57 bits per heavy atom. The Balaban J connectivity index is 1.35. The minimum Gasteiger partial charge on any atom is -0.497 e. The lowest BCUT2D eigenvalue weighted by atomic mass is 10.2. The summed E-state index contributed by atoms with van der Waals surface area (Å²) in [6.45, 7) is 2.18. The van der Waals surface area contributed by atoms with E-state index in [4.69, 9.17) is 4.74 Å². The van der Waals surface area contributed by atoms with Crippen LogP contribution in [0, 0.1) is 0 Å². The molecule has 30 heavy (non-hydrogen) atoms. The molecule has 0 aliphatic carbocycles. The molecule has 3 aromatic rings. The van der Waals surface area contributed by atoms with Crippen molar-refractivity contribution in [1.82, 2.24) is 20.2 Å². The molecule has 0 saturated carbocycles. The monoisotopic (exact) mass is 406 g/mol. The molecule has 2 aromatic carbocycles. The van der Waals surface area contributed by atoms with Crippen LogP contribution in [0.15, 0.2) is 48.5 Å². The molecule has 1 aliphatic rings. The first-order valence-corrected chi connectivity index (χ1v) is 10.3. The minimum atomic E-state index is -0.202. The predicted octanol–water partition coefficient (Wildman–Crippen LogP) is 3.37. The van der Waals surface area contributed by atoms with E-state index < -0.39 is 0 Å². The van der Waals surface area contributed by atoms with Crippen LogP contribution in [-0.4, -0.2) is 46.3 Å². The molecule has 8 nitrogen and oxygen atoms in total. The van der Waals surface area contributed by atoms with Gasteiger partial charge in [-0.25, -0.2) is 0 Å². The van der Waals surface area contributed by atoms with Crippen molar-refractivity contribution < 1.29 is 9.53 Å². The number of methoxy groups -OCH3 is 1. The standard InChI is InChI=1S/C22H26N6O2/c1-30-20-8-6-7-17(15-20)22-24-26-28(25-22)16-21(29)23-18-9-11-19(12-10-18)27-13-4-2-3-5-14-27/h6-12,15H,2-5,13-14,16H2,1H3,(H,23,29). The van der Waals surface area contributed by atoms with Crippen molar-refractivity contribution >= 4 is 17.3 Å². The molecule has 1 saturated heterocycles. The van der Waals surface area contributed by atoms with Gasteiger partial charge >= 0.3 is 0 Å². The first-order valence-electron chi connectivity index (χ1n) is 10.3. The van der Waals surface area contributed by atoms with Gasteiger partial charge in [0.2, 0.25) is 11.7 Å². The van der Waals surface area contributed by atoms with Gasteiger partial charge in [0.15, 0.2) is 0 Å². The molecule has 1 fully saturated rings. The zero-order chi connectivity index (χ0) is 20.8. The second-order valence-electron chi connectivity index (χ2n) is 7.37. The number of carbonyl (C=O) groups excluding carboxylic acids is 1. The number of carbonyl (C=O) groups is 1. The molecule has 0 atom stereocenters. The highest BCUT2D eigenvalue weighted by Crippen LogP contribution is 2.22. The predicted molar refractivity (Wildman–Crippen MR) is 116 cm³/mol. The van der Waals surface area contributed by atoms with Crippen molar-refractivity contribution in [3.63, 3.8) is 0 Å². The SMILES string of the molecule is COc1cccc(-c2nnn(CC(=O)Nc3ccc(N4CCCCCC4)cc3)n2)c1. The lowest BCUT2D eigenvalue weighted by Gasteiger charge is -2.22. The van der Waals surface area contributed by atoms with Crippen molar-refractivity contribution in [3.05, 3.63) is 48.5 Å². The number of ether oxygens (including phenoxy) is 1. The fourth-order valence-electron chi connectivity index (χ4n) is 3.60. The smallest absolute Gasteiger partial charge is 0.248 e. The number of rotatable bonds is 6. The molecule has 1 aromatic heterocycles. The van der Waals surface area contributed by atoms with Gasteiger partial charge in [-0.2, -0.15) is 4.80 Å². The maximum absolute atomic E-state index is 12.4. The van der Waals surface area contributed by atoms with Crippen molar-refractivity contribution in [1.29, 1.82) is 0 Å². The topological polar surface area (TPSA) is 85.2 Å². The Morgan fingerprint density at radius 2 is 1.83 bits per heavy atom. The third-order valence-electron chi connectivity index (χ3n) is 5.19. The third-order valence-corrected chi connectivity index (χ3v) is 5.19. The van der Waals surface area contributed by atoms with Crippen LogP contribution in [0.25, 0.3) is 11.4 Å². The number of hydrogen-bond donors (Lipinski definition) is 1. The summed E-state index contributed by atoms with van der Waals surface area (Å²) in [5.41, 5.74) is 2.74.